The van der Waals surface area contributed by atoms with Gasteiger partial charge in [-0.15, -0.1) is 0 Å². The topological polar surface area (TPSA) is 73.9 Å². The van der Waals surface area contributed by atoms with E-state index < -0.39 is 0 Å². The van der Waals surface area contributed by atoms with Crippen LogP contribution >= 0.6 is 23.4 Å². The Kier molecular flexibility index (Phi) is 4.44. The van der Waals surface area contributed by atoms with Gasteiger partial charge in [0.2, 0.25) is 0 Å². The number of halogens is 1. The lowest BCUT2D eigenvalue weighted by Gasteiger charge is -2.06. The first-order chi connectivity index (χ1) is 9.06. The quantitative estimate of drug-likeness (QED) is 0.531. The first-order valence-electron chi connectivity index (χ1n) is 5.51. The van der Waals surface area contributed by atoms with Gasteiger partial charge in [0, 0.05) is 29.6 Å². The van der Waals surface area contributed by atoms with Gasteiger partial charge in [0.1, 0.15) is 16.7 Å². The van der Waals surface area contributed by atoms with Crippen LogP contribution in [0.4, 0.5) is 5.82 Å². The van der Waals surface area contributed by atoms with Crippen molar-refractivity contribution in [3.63, 3.8) is 0 Å². The monoisotopic (exact) mass is 296 g/mol. The Labute approximate surface area is 120 Å². The number of rotatable bonds is 4. The molecule has 0 bridgehead atoms. The molecule has 0 aromatic carbocycles. The first kappa shape index (κ1) is 13.9. The Hall–Kier alpha value is -1.53. The molecule has 0 fully saturated rings. The van der Waals surface area contributed by atoms with Crippen LogP contribution in [0.15, 0.2) is 23.4 Å². The van der Waals surface area contributed by atoms with Gasteiger partial charge < -0.3 is 10.5 Å². The minimum Gasteiger partial charge on any atom is -0.497 e. The van der Waals surface area contributed by atoms with Gasteiger partial charge in [0.25, 0.3) is 0 Å². The second-order valence-corrected chi connectivity index (χ2v) is 5.16. The van der Waals surface area contributed by atoms with Crippen LogP contribution in [0.25, 0.3) is 0 Å². The second-order valence-electron chi connectivity index (χ2n) is 3.83. The number of nitrogens with two attached hydrogens (primary N) is 1. The molecule has 0 aliphatic heterocycles. The van der Waals surface area contributed by atoms with Crippen molar-refractivity contribution in [2.24, 2.45) is 0 Å². The van der Waals surface area contributed by atoms with Crippen LogP contribution in [-0.2, 0) is 5.75 Å². The van der Waals surface area contributed by atoms with Crippen LogP contribution < -0.4 is 10.5 Å². The number of anilines is 1. The van der Waals surface area contributed by atoms with Crippen molar-refractivity contribution in [1.82, 2.24) is 15.0 Å². The van der Waals surface area contributed by atoms with Crippen molar-refractivity contribution < 1.29 is 4.74 Å². The van der Waals surface area contributed by atoms with E-state index in [0.717, 1.165) is 17.1 Å². The van der Waals surface area contributed by atoms with Crippen molar-refractivity contribution in [1.29, 1.82) is 0 Å². The number of ether oxygens (including phenoxy) is 1. The summed E-state index contributed by atoms with van der Waals surface area (Å²) in [6, 6.07) is 5.27. The highest BCUT2D eigenvalue weighted by atomic mass is 35.5. The molecule has 0 radical (unpaired) electrons. The molecule has 2 heterocycles. The zero-order valence-electron chi connectivity index (χ0n) is 10.6. The molecular weight excluding hydrogens is 284 g/mol. The highest BCUT2D eigenvalue weighted by Crippen LogP contribution is 2.23. The number of methoxy groups -OCH3 is 1. The molecule has 100 valence electrons. The molecule has 0 saturated carbocycles. The highest BCUT2D eigenvalue weighted by Gasteiger charge is 2.05. The molecule has 2 rings (SSSR count). The molecule has 5 nitrogen and oxygen atoms in total. The summed E-state index contributed by atoms with van der Waals surface area (Å²) in [5.41, 5.74) is 7.41. The van der Waals surface area contributed by atoms with E-state index in [2.05, 4.69) is 15.0 Å². The maximum atomic E-state index is 5.82. The number of nitrogens with zero attached hydrogens (tertiary/aromatic N) is 3. The normalized spacial score (nSPS) is 10.5. The third-order valence-electron chi connectivity index (χ3n) is 2.26. The summed E-state index contributed by atoms with van der Waals surface area (Å²) in [6.07, 6.45) is 0. The van der Waals surface area contributed by atoms with Gasteiger partial charge in [0.15, 0.2) is 5.16 Å². The maximum absolute atomic E-state index is 5.82. The third-order valence-corrected chi connectivity index (χ3v) is 3.33. The van der Waals surface area contributed by atoms with Gasteiger partial charge in [-0.05, 0) is 6.92 Å². The Morgan fingerprint density at radius 3 is 2.74 bits per heavy atom. The van der Waals surface area contributed by atoms with Gasteiger partial charge in [-0.3, -0.25) is 4.98 Å². The molecule has 0 saturated heterocycles. The maximum Gasteiger partial charge on any atom is 0.191 e. The first-order valence-corrected chi connectivity index (χ1v) is 6.87. The smallest absolute Gasteiger partial charge is 0.191 e. The molecule has 2 aromatic rings. The fourth-order valence-electron chi connectivity index (χ4n) is 1.51. The third kappa shape index (κ3) is 3.97. The SMILES string of the molecule is COc1cc(C)nc(CSc2nc(N)cc(Cl)n2)c1. The van der Waals surface area contributed by atoms with Crippen LogP contribution in [0, 0.1) is 6.92 Å². The zero-order valence-corrected chi connectivity index (χ0v) is 12.1. The predicted molar refractivity (Wildman–Crippen MR) is 76.5 cm³/mol. The summed E-state index contributed by atoms with van der Waals surface area (Å²) in [4.78, 5) is 12.6. The van der Waals surface area contributed by atoms with Crippen LogP contribution in [0.1, 0.15) is 11.4 Å². The van der Waals surface area contributed by atoms with Crippen LogP contribution in [-0.4, -0.2) is 22.1 Å². The highest BCUT2D eigenvalue weighted by molar-refractivity contribution is 7.98. The Balaban J connectivity index is 2.11. The number of thioether (sulfide) groups is 1. The molecule has 7 heteroatoms. The van der Waals surface area contributed by atoms with Gasteiger partial charge in [0.05, 0.1) is 12.8 Å². The lowest BCUT2D eigenvalue weighted by Crippen LogP contribution is -1.97. The summed E-state index contributed by atoms with van der Waals surface area (Å²) in [6.45, 7) is 1.92. The van der Waals surface area contributed by atoms with Gasteiger partial charge in [-0.1, -0.05) is 23.4 Å². The fraction of sp³-hybridized carbons (Fsp3) is 0.250. The molecule has 0 atom stereocenters. The van der Waals surface area contributed by atoms with Crippen molar-refractivity contribution in [3.8, 4) is 5.75 Å². The molecule has 2 aromatic heterocycles. The largest absolute Gasteiger partial charge is 0.497 e. The summed E-state index contributed by atoms with van der Waals surface area (Å²) >= 11 is 7.25. The van der Waals surface area contributed by atoms with Gasteiger partial charge >= 0.3 is 0 Å². The summed E-state index contributed by atoms with van der Waals surface area (Å²) in [5.74, 6) is 1.77. The van der Waals surface area contributed by atoms with E-state index in [-0.39, 0.29) is 0 Å². The van der Waals surface area contributed by atoms with Crippen molar-refractivity contribution in [3.05, 3.63) is 34.7 Å². The number of aromatic nitrogens is 3. The summed E-state index contributed by atoms with van der Waals surface area (Å²) < 4.78 is 5.20. The van der Waals surface area contributed by atoms with E-state index in [1.54, 1.807) is 7.11 Å². The number of nitrogen functional groups attached to an aromatic ring is 1. The van der Waals surface area contributed by atoms with Crippen LogP contribution in [0.2, 0.25) is 5.15 Å². The number of hydrogen-bond donors (Lipinski definition) is 1. The number of pyridine rings is 1. The summed E-state index contributed by atoms with van der Waals surface area (Å²) in [7, 11) is 1.63. The van der Waals surface area contributed by atoms with E-state index >= 15 is 0 Å². The molecule has 0 amide bonds. The van der Waals surface area contributed by atoms with E-state index in [4.69, 9.17) is 22.1 Å². The predicted octanol–water partition coefficient (Wildman–Crippen LogP) is 2.72. The standard InChI is InChI=1S/C12H13ClN4OS/c1-7-3-9(18-2)4-8(15-7)6-19-12-16-10(13)5-11(14)17-12/h3-5H,6H2,1-2H3,(H2,14,16,17). The molecule has 0 spiro atoms. The van der Waals surface area contributed by atoms with E-state index in [1.807, 2.05) is 19.1 Å². The minimum absolute atomic E-state index is 0.338. The van der Waals surface area contributed by atoms with E-state index in [0.29, 0.717) is 21.9 Å². The molecule has 19 heavy (non-hydrogen) atoms. The minimum atomic E-state index is 0.338. The lowest BCUT2D eigenvalue weighted by atomic mass is 10.3. The van der Waals surface area contributed by atoms with Crippen molar-refractivity contribution in [2.75, 3.05) is 12.8 Å². The molecule has 0 aliphatic carbocycles. The molecular formula is C12H13ClN4OS. The molecule has 0 aliphatic rings. The summed E-state index contributed by atoms with van der Waals surface area (Å²) in [5, 5.41) is 0.872. The van der Waals surface area contributed by atoms with Gasteiger partial charge in [-0.25, -0.2) is 9.97 Å². The number of hydrogen-bond acceptors (Lipinski definition) is 6. The Bertz CT molecular complexity index is 574. The Morgan fingerprint density at radius 2 is 2.05 bits per heavy atom. The fourth-order valence-corrected chi connectivity index (χ4v) is 2.51. The Morgan fingerprint density at radius 1 is 1.26 bits per heavy atom. The zero-order chi connectivity index (χ0) is 13.8. The van der Waals surface area contributed by atoms with E-state index in [1.165, 1.54) is 17.8 Å². The van der Waals surface area contributed by atoms with Crippen LogP contribution in [0.3, 0.4) is 0 Å². The lowest BCUT2D eigenvalue weighted by molar-refractivity contribution is 0.413. The van der Waals surface area contributed by atoms with Crippen molar-refractivity contribution in [2.45, 2.75) is 17.8 Å². The number of aryl methyl sites for hydroxylation is 1. The van der Waals surface area contributed by atoms with E-state index in [9.17, 15) is 0 Å². The molecule has 2 N–H and O–H groups in total. The second kappa shape index (κ2) is 6.08. The average Bonchev–Trinajstić information content (AvgIpc) is 2.34. The van der Waals surface area contributed by atoms with Gasteiger partial charge in [-0.2, -0.15) is 0 Å². The molecule has 0 unspecified atom stereocenters. The van der Waals surface area contributed by atoms with Crippen LogP contribution in [0.5, 0.6) is 5.75 Å². The van der Waals surface area contributed by atoms with Crippen molar-refractivity contribution >= 4 is 29.2 Å². The average molecular weight is 297 g/mol.